The zero-order valence-electron chi connectivity index (χ0n) is 16.1. The second kappa shape index (κ2) is 13.7. The van der Waals surface area contributed by atoms with Crippen LogP contribution in [0.25, 0.3) is 0 Å². The van der Waals surface area contributed by atoms with Crippen molar-refractivity contribution in [2.75, 3.05) is 18.9 Å². The number of aliphatic carboxylic acids is 1. The lowest BCUT2D eigenvalue weighted by Gasteiger charge is -2.20. The van der Waals surface area contributed by atoms with Gasteiger partial charge in [-0.2, -0.15) is 0 Å². The highest BCUT2D eigenvalue weighted by Gasteiger charge is 2.27. The average Bonchev–Trinajstić information content (AvgIpc) is 2.47. The van der Waals surface area contributed by atoms with Crippen molar-refractivity contribution in [1.82, 2.24) is 0 Å². The first-order chi connectivity index (χ1) is 11.3. The molecule has 0 aromatic carbocycles. The van der Waals surface area contributed by atoms with E-state index >= 15 is 0 Å². The summed E-state index contributed by atoms with van der Waals surface area (Å²) >= 11 is 0. The molecule has 0 saturated carbocycles. The Balaban J connectivity index is 4.45. The maximum absolute atomic E-state index is 12.8. The van der Waals surface area contributed by atoms with Gasteiger partial charge in [0.15, 0.2) is 0 Å². The van der Waals surface area contributed by atoms with Crippen molar-refractivity contribution in [3.8, 4) is 0 Å². The van der Waals surface area contributed by atoms with Crippen molar-refractivity contribution < 1.29 is 19.0 Å². The van der Waals surface area contributed by atoms with E-state index in [0.717, 1.165) is 19.3 Å². The van der Waals surface area contributed by atoms with Crippen LogP contribution in [0.2, 0.25) is 0 Å². The molecule has 1 N–H and O–H groups in total. The lowest BCUT2D eigenvalue weighted by atomic mass is 10.1. The number of hydrogen-bond acceptors (Lipinski definition) is 3. The molecule has 0 bridgehead atoms. The fraction of sp³-hybridized carbons (Fsp3) is 0.842. The number of carbonyl (C=O) groups is 1. The largest absolute Gasteiger partial charge is 0.478 e. The van der Waals surface area contributed by atoms with Crippen LogP contribution >= 0.6 is 7.37 Å². The van der Waals surface area contributed by atoms with Crippen LogP contribution in [-0.2, 0) is 13.9 Å². The van der Waals surface area contributed by atoms with Gasteiger partial charge in [-0.25, -0.2) is 4.79 Å². The molecule has 0 saturated heterocycles. The van der Waals surface area contributed by atoms with E-state index in [0.29, 0.717) is 12.8 Å². The van der Waals surface area contributed by atoms with E-state index in [2.05, 4.69) is 6.92 Å². The number of hydrogen-bond donors (Lipinski definition) is 1. The highest BCUT2D eigenvalue weighted by Crippen LogP contribution is 2.50. The van der Waals surface area contributed by atoms with Crippen molar-refractivity contribution in [1.29, 1.82) is 0 Å². The molecular weight excluding hydrogens is 323 g/mol. The monoisotopic (exact) mass is 360 g/mol. The van der Waals surface area contributed by atoms with E-state index in [1.165, 1.54) is 32.1 Å². The molecule has 0 heterocycles. The number of carboxylic acids is 1. The van der Waals surface area contributed by atoms with Crippen LogP contribution in [0.3, 0.4) is 0 Å². The summed E-state index contributed by atoms with van der Waals surface area (Å²) in [7, 11) is -2.91. The van der Waals surface area contributed by atoms with Gasteiger partial charge in [0.2, 0.25) is 7.37 Å². The van der Waals surface area contributed by atoms with Crippen LogP contribution in [0.1, 0.15) is 79.1 Å². The second-order valence-corrected chi connectivity index (χ2v) is 9.48. The quantitative estimate of drug-likeness (QED) is 0.217. The van der Waals surface area contributed by atoms with Crippen molar-refractivity contribution in [2.45, 2.75) is 79.1 Å². The summed E-state index contributed by atoms with van der Waals surface area (Å²) in [5, 5.41) is 9.39. The average molecular weight is 360 g/mol. The molecule has 4 nitrogen and oxygen atoms in total. The molecule has 0 rings (SSSR count). The molecule has 0 aliphatic rings. The molecule has 0 radical (unpaired) electrons. The summed E-state index contributed by atoms with van der Waals surface area (Å²) in [5.74, 6) is -0.748. The molecule has 1 atom stereocenters. The lowest BCUT2D eigenvalue weighted by molar-refractivity contribution is -0.132. The van der Waals surface area contributed by atoms with Gasteiger partial charge in [-0.3, -0.25) is 4.57 Å². The van der Waals surface area contributed by atoms with Crippen LogP contribution in [0, 0.1) is 5.92 Å². The summed E-state index contributed by atoms with van der Waals surface area (Å²) in [6.07, 6.45) is 11.4. The van der Waals surface area contributed by atoms with Crippen molar-refractivity contribution in [2.24, 2.45) is 5.92 Å². The maximum Gasteiger partial charge on any atom is 0.331 e. The van der Waals surface area contributed by atoms with Crippen LogP contribution < -0.4 is 0 Å². The van der Waals surface area contributed by atoms with E-state index in [1.807, 2.05) is 13.8 Å². The maximum atomic E-state index is 12.8. The molecule has 0 aliphatic carbocycles. The molecule has 0 fully saturated rings. The number of unbranched alkanes of at least 4 members (excludes halogenated alkanes) is 7. The Kier molecular flexibility index (Phi) is 13.3. The van der Waals surface area contributed by atoms with E-state index in [9.17, 15) is 14.5 Å². The smallest absolute Gasteiger partial charge is 0.331 e. The first-order valence-corrected chi connectivity index (χ1v) is 11.5. The number of carboxylic acid groups (broad SMARTS) is 1. The Hall–Kier alpha value is -0.600. The van der Waals surface area contributed by atoms with Gasteiger partial charge in [-0.05, 0) is 25.7 Å². The molecule has 0 aromatic heterocycles. The minimum atomic E-state index is -2.91. The van der Waals surface area contributed by atoms with Crippen LogP contribution in [-0.4, -0.2) is 30.0 Å². The van der Waals surface area contributed by atoms with E-state index < -0.39 is 13.3 Å². The Morgan fingerprint density at radius 2 is 1.67 bits per heavy atom. The minimum Gasteiger partial charge on any atom is -0.478 e. The summed E-state index contributed by atoms with van der Waals surface area (Å²) in [4.78, 5) is 11.5. The fourth-order valence-electron chi connectivity index (χ4n) is 2.81. The second-order valence-electron chi connectivity index (χ2n) is 6.91. The third-order valence-electron chi connectivity index (χ3n) is 3.89. The van der Waals surface area contributed by atoms with Gasteiger partial charge in [0, 0.05) is 11.7 Å². The van der Waals surface area contributed by atoms with Crippen LogP contribution in [0.4, 0.5) is 0 Å². The summed E-state index contributed by atoms with van der Waals surface area (Å²) < 4.78 is 18.3. The molecule has 1 unspecified atom stereocenters. The van der Waals surface area contributed by atoms with Crippen LogP contribution in [0.15, 0.2) is 11.6 Å². The van der Waals surface area contributed by atoms with E-state index in [1.54, 1.807) is 13.0 Å². The predicted molar refractivity (Wildman–Crippen MR) is 102 cm³/mol. The van der Waals surface area contributed by atoms with Crippen LogP contribution in [0.5, 0.6) is 0 Å². The molecule has 0 spiro atoms. The molecule has 0 amide bonds. The van der Waals surface area contributed by atoms with Crippen molar-refractivity contribution in [3.63, 3.8) is 0 Å². The molecule has 5 heteroatoms. The first kappa shape index (κ1) is 23.4. The Morgan fingerprint density at radius 1 is 1.08 bits per heavy atom. The number of rotatable bonds is 15. The van der Waals surface area contributed by atoms with E-state index in [-0.39, 0.29) is 17.7 Å². The molecule has 142 valence electrons. The third-order valence-corrected chi connectivity index (χ3v) is 6.73. The van der Waals surface area contributed by atoms with Gasteiger partial charge in [0.1, 0.15) is 0 Å². The van der Waals surface area contributed by atoms with Gasteiger partial charge in [0.05, 0.1) is 12.8 Å². The van der Waals surface area contributed by atoms with E-state index in [4.69, 9.17) is 4.52 Å². The van der Waals surface area contributed by atoms with Gasteiger partial charge < -0.3 is 9.63 Å². The van der Waals surface area contributed by atoms with Crippen molar-refractivity contribution in [3.05, 3.63) is 11.6 Å². The zero-order chi connectivity index (χ0) is 18.4. The van der Waals surface area contributed by atoms with Gasteiger partial charge in [0.25, 0.3) is 0 Å². The van der Waals surface area contributed by atoms with Gasteiger partial charge >= 0.3 is 5.97 Å². The Bertz CT molecular complexity index is 416. The summed E-state index contributed by atoms with van der Waals surface area (Å²) in [6.45, 7) is 8.32. The van der Waals surface area contributed by atoms with Gasteiger partial charge in [-0.1, -0.05) is 65.4 Å². The third kappa shape index (κ3) is 11.9. The van der Waals surface area contributed by atoms with Gasteiger partial charge in [-0.15, -0.1) is 0 Å². The summed E-state index contributed by atoms with van der Waals surface area (Å²) in [5.41, 5.74) is 0.249. The topological polar surface area (TPSA) is 63.6 Å². The highest BCUT2D eigenvalue weighted by atomic mass is 31.2. The normalized spacial score (nSPS) is 14.8. The first-order valence-electron chi connectivity index (χ1n) is 9.49. The fourth-order valence-corrected chi connectivity index (χ4v) is 5.50. The molecule has 0 aliphatic heterocycles. The molecular formula is C19H37O4P. The zero-order valence-corrected chi connectivity index (χ0v) is 16.9. The lowest BCUT2D eigenvalue weighted by Crippen LogP contribution is -2.11. The Labute approximate surface area is 148 Å². The molecule has 0 aromatic rings. The molecule has 24 heavy (non-hydrogen) atoms. The minimum absolute atomic E-state index is 0.0465. The summed E-state index contributed by atoms with van der Waals surface area (Å²) in [6, 6.07) is 0. The standard InChI is InChI=1S/C19H37O4P/c1-5-7-8-9-10-11-12-13-14-18(19(20)21)16-24(22,23-6-2)15-17(3)4/h14,17H,5-13,15-16H2,1-4H3,(H,20,21). The van der Waals surface area contributed by atoms with Crippen molar-refractivity contribution >= 4 is 13.3 Å². The highest BCUT2D eigenvalue weighted by molar-refractivity contribution is 7.59. The Morgan fingerprint density at radius 3 is 2.17 bits per heavy atom. The predicted octanol–water partition coefficient (Wildman–Crippen LogP) is 6.11. The number of allylic oxidation sites excluding steroid dienone is 1. The SMILES string of the molecule is CCCCCCCCCC=C(CP(=O)(CC(C)C)OCC)C(=O)O.